The standard InChI is InChI=1S/C22H14F6N6/c23-13-1-2-17-16(9-13)19(31-20-32-30-12-34(17)20)33(11-18(24)25)15-4-8-29-14(10-15)3-5-21(6-7-21)22(26,27)28/h1-2,4,8-10,12,18H,6-7,11H2. The Morgan fingerprint density at radius 3 is 2.65 bits per heavy atom. The SMILES string of the molecule is Fc1ccc2c(c1)c(N(CC(F)F)c1ccnc(C#CC3(C(F)(F)F)CC3)c1)nc1nncn12. The Balaban J connectivity index is 1.63. The molecule has 0 N–H and O–H groups in total. The predicted octanol–water partition coefficient (Wildman–Crippen LogP) is 4.91. The lowest BCUT2D eigenvalue weighted by molar-refractivity contribution is -0.168. The Hall–Kier alpha value is -3.88. The number of rotatable bonds is 4. The molecule has 0 aliphatic heterocycles. The first-order valence-electron chi connectivity index (χ1n) is 10.1. The number of pyridine rings is 1. The number of halogens is 6. The summed E-state index contributed by atoms with van der Waals surface area (Å²) in [7, 11) is 0. The van der Waals surface area contributed by atoms with Gasteiger partial charge in [-0.1, -0.05) is 5.92 Å². The van der Waals surface area contributed by atoms with Crippen molar-refractivity contribution in [2.24, 2.45) is 5.41 Å². The van der Waals surface area contributed by atoms with Crippen molar-refractivity contribution in [3.05, 3.63) is 54.4 Å². The second kappa shape index (κ2) is 7.86. The van der Waals surface area contributed by atoms with Crippen LogP contribution in [0.3, 0.4) is 0 Å². The molecule has 3 aromatic heterocycles. The first kappa shape index (κ1) is 21.9. The van der Waals surface area contributed by atoms with Gasteiger partial charge in [0, 0.05) is 17.3 Å². The third-order valence-corrected chi connectivity index (χ3v) is 5.55. The lowest BCUT2D eigenvalue weighted by atomic mass is 10.1. The van der Waals surface area contributed by atoms with E-state index in [2.05, 4.69) is 32.0 Å². The van der Waals surface area contributed by atoms with Gasteiger partial charge in [0.2, 0.25) is 0 Å². The van der Waals surface area contributed by atoms with E-state index in [0.29, 0.717) is 5.52 Å². The molecule has 1 saturated carbocycles. The van der Waals surface area contributed by atoms with E-state index in [4.69, 9.17) is 0 Å². The summed E-state index contributed by atoms with van der Waals surface area (Å²) < 4.78 is 82.3. The lowest BCUT2D eigenvalue weighted by Crippen LogP contribution is -2.25. The molecule has 0 amide bonds. The van der Waals surface area contributed by atoms with Gasteiger partial charge in [-0.2, -0.15) is 18.2 Å². The van der Waals surface area contributed by atoms with Gasteiger partial charge in [0.15, 0.2) is 0 Å². The first-order chi connectivity index (χ1) is 16.2. The second-order valence-corrected chi connectivity index (χ2v) is 7.83. The number of alkyl halides is 5. The summed E-state index contributed by atoms with van der Waals surface area (Å²) in [6, 6.07) is 6.49. The smallest absolute Gasteiger partial charge is 0.320 e. The van der Waals surface area contributed by atoms with Gasteiger partial charge in [0.05, 0.1) is 12.1 Å². The molecule has 1 fully saturated rings. The van der Waals surface area contributed by atoms with Gasteiger partial charge in [-0.05, 0) is 49.1 Å². The van der Waals surface area contributed by atoms with Crippen LogP contribution in [-0.2, 0) is 0 Å². The summed E-state index contributed by atoms with van der Waals surface area (Å²) >= 11 is 0. The summed E-state index contributed by atoms with van der Waals surface area (Å²) in [5.74, 6) is 4.14. The zero-order valence-electron chi connectivity index (χ0n) is 17.2. The minimum absolute atomic E-state index is 0.0191. The molecule has 1 aliphatic rings. The van der Waals surface area contributed by atoms with Crippen LogP contribution in [0, 0.1) is 23.1 Å². The first-order valence-corrected chi connectivity index (χ1v) is 10.1. The number of fused-ring (bicyclic) bond motifs is 3. The molecular formula is C22H14F6N6. The molecule has 3 heterocycles. The summed E-state index contributed by atoms with van der Waals surface area (Å²) in [6.07, 6.45) is -4.86. The van der Waals surface area contributed by atoms with Crippen LogP contribution in [0.4, 0.5) is 37.8 Å². The normalized spacial score (nSPS) is 14.9. The molecular weight excluding hydrogens is 462 g/mol. The fraction of sp³-hybridized carbons (Fsp3) is 0.273. The van der Waals surface area contributed by atoms with Gasteiger partial charge in [-0.3, -0.25) is 4.40 Å². The molecule has 0 unspecified atom stereocenters. The molecule has 0 radical (unpaired) electrons. The monoisotopic (exact) mass is 476 g/mol. The van der Waals surface area contributed by atoms with Gasteiger partial charge in [0.1, 0.15) is 29.1 Å². The quantitative estimate of drug-likeness (QED) is 0.310. The van der Waals surface area contributed by atoms with Gasteiger partial charge in [0.25, 0.3) is 12.2 Å². The van der Waals surface area contributed by atoms with Crippen molar-refractivity contribution in [3.8, 4) is 11.8 Å². The van der Waals surface area contributed by atoms with Gasteiger partial charge in [-0.15, -0.1) is 10.2 Å². The highest BCUT2D eigenvalue weighted by Crippen LogP contribution is 2.57. The number of benzene rings is 1. The molecule has 34 heavy (non-hydrogen) atoms. The maximum atomic E-state index is 14.1. The van der Waals surface area contributed by atoms with Crippen molar-refractivity contribution in [1.82, 2.24) is 24.6 Å². The Labute approximate surface area is 188 Å². The maximum Gasteiger partial charge on any atom is 0.405 e. The van der Waals surface area contributed by atoms with E-state index in [1.807, 2.05) is 0 Å². The number of anilines is 2. The Kier molecular flexibility index (Phi) is 5.07. The summed E-state index contributed by atoms with van der Waals surface area (Å²) in [5, 5.41) is 7.84. The van der Waals surface area contributed by atoms with E-state index in [1.54, 1.807) is 0 Å². The molecule has 4 aromatic rings. The highest BCUT2D eigenvalue weighted by atomic mass is 19.4. The Morgan fingerprint density at radius 1 is 1.15 bits per heavy atom. The molecule has 0 saturated heterocycles. The average Bonchev–Trinajstić information content (AvgIpc) is 3.45. The molecule has 12 heteroatoms. The minimum Gasteiger partial charge on any atom is -0.320 e. The van der Waals surface area contributed by atoms with Crippen LogP contribution in [-0.4, -0.2) is 43.7 Å². The van der Waals surface area contributed by atoms with Crippen molar-refractivity contribution < 1.29 is 26.3 Å². The summed E-state index contributed by atoms with van der Waals surface area (Å²) in [6.45, 7) is -0.827. The number of nitrogens with zero attached hydrogens (tertiary/aromatic N) is 6. The van der Waals surface area contributed by atoms with Crippen molar-refractivity contribution in [2.45, 2.75) is 25.4 Å². The van der Waals surface area contributed by atoms with Crippen LogP contribution >= 0.6 is 0 Å². The van der Waals surface area contributed by atoms with Crippen LogP contribution < -0.4 is 4.90 Å². The van der Waals surface area contributed by atoms with E-state index < -0.39 is 30.4 Å². The molecule has 6 nitrogen and oxygen atoms in total. The number of hydrogen-bond acceptors (Lipinski definition) is 5. The highest BCUT2D eigenvalue weighted by molar-refractivity contribution is 5.93. The number of hydrogen-bond donors (Lipinski definition) is 0. The predicted molar refractivity (Wildman–Crippen MR) is 110 cm³/mol. The third-order valence-electron chi connectivity index (χ3n) is 5.55. The average molecular weight is 476 g/mol. The van der Waals surface area contributed by atoms with Crippen LogP contribution in [0.25, 0.3) is 16.7 Å². The molecule has 174 valence electrons. The third kappa shape index (κ3) is 3.87. The Morgan fingerprint density at radius 2 is 1.94 bits per heavy atom. The van der Waals surface area contributed by atoms with Crippen molar-refractivity contribution in [2.75, 3.05) is 11.4 Å². The largest absolute Gasteiger partial charge is 0.405 e. The lowest BCUT2D eigenvalue weighted by Gasteiger charge is -2.25. The topological polar surface area (TPSA) is 59.2 Å². The summed E-state index contributed by atoms with van der Waals surface area (Å²) in [4.78, 5) is 9.39. The fourth-order valence-electron chi connectivity index (χ4n) is 3.63. The minimum atomic E-state index is -4.46. The van der Waals surface area contributed by atoms with Gasteiger partial charge in [-0.25, -0.2) is 18.2 Å². The zero-order valence-corrected chi connectivity index (χ0v) is 17.2. The van der Waals surface area contributed by atoms with Crippen LogP contribution in [0.2, 0.25) is 0 Å². The van der Waals surface area contributed by atoms with E-state index in [9.17, 15) is 26.3 Å². The second-order valence-electron chi connectivity index (χ2n) is 7.83. The maximum absolute atomic E-state index is 14.1. The van der Waals surface area contributed by atoms with E-state index in [-0.39, 0.29) is 41.2 Å². The van der Waals surface area contributed by atoms with Gasteiger partial charge >= 0.3 is 6.18 Å². The highest BCUT2D eigenvalue weighted by Gasteiger charge is 2.62. The van der Waals surface area contributed by atoms with Crippen molar-refractivity contribution in [3.63, 3.8) is 0 Å². The van der Waals surface area contributed by atoms with Crippen LogP contribution in [0.5, 0.6) is 0 Å². The molecule has 0 atom stereocenters. The van der Waals surface area contributed by atoms with Gasteiger partial charge < -0.3 is 4.90 Å². The van der Waals surface area contributed by atoms with E-state index in [1.165, 1.54) is 41.2 Å². The fourth-order valence-corrected chi connectivity index (χ4v) is 3.63. The van der Waals surface area contributed by atoms with E-state index >= 15 is 0 Å². The molecule has 5 rings (SSSR count). The van der Waals surface area contributed by atoms with Crippen LogP contribution in [0.15, 0.2) is 42.9 Å². The summed E-state index contributed by atoms with van der Waals surface area (Å²) in [5.41, 5.74) is -1.49. The molecule has 0 spiro atoms. The van der Waals surface area contributed by atoms with Crippen molar-refractivity contribution in [1.29, 1.82) is 0 Å². The Bertz CT molecular complexity index is 1450. The molecule has 1 aliphatic carbocycles. The van der Waals surface area contributed by atoms with Crippen LogP contribution in [0.1, 0.15) is 18.5 Å². The zero-order chi connectivity index (χ0) is 24.1. The van der Waals surface area contributed by atoms with E-state index in [0.717, 1.165) is 11.0 Å². The molecule has 0 bridgehead atoms. The number of aromatic nitrogens is 5. The molecule has 1 aromatic carbocycles. The van der Waals surface area contributed by atoms with Crippen molar-refractivity contribution >= 4 is 28.2 Å².